The summed E-state index contributed by atoms with van der Waals surface area (Å²) in [4.78, 5) is 50.2. The number of aromatic nitrogens is 3. The predicted molar refractivity (Wildman–Crippen MR) is 136 cm³/mol. The number of carbonyl (C=O) groups is 3. The van der Waals surface area contributed by atoms with E-state index in [9.17, 15) is 19.2 Å². The van der Waals surface area contributed by atoms with Crippen LogP contribution < -0.4 is 16.6 Å². The lowest BCUT2D eigenvalue weighted by Gasteiger charge is -2.12. The molecule has 0 aliphatic carbocycles. The van der Waals surface area contributed by atoms with Crippen LogP contribution in [0.2, 0.25) is 0 Å². The maximum absolute atomic E-state index is 13.0. The van der Waals surface area contributed by atoms with Gasteiger partial charge in [-0.25, -0.2) is 9.48 Å². The summed E-state index contributed by atoms with van der Waals surface area (Å²) in [6, 6.07) is 10.9. The summed E-state index contributed by atoms with van der Waals surface area (Å²) in [7, 11) is 0. The molecular formula is C26H27N5O6. The van der Waals surface area contributed by atoms with Crippen LogP contribution in [0, 0.1) is 20.8 Å². The smallest absolute Gasteiger partial charge is 0.342 e. The molecule has 0 fully saturated rings. The average Bonchev–Trinajstić information content (AvgIpc) is 3.36. The molecule has 4 rings (SSSR count). The Hall–Kier alpha value is -4.67. The van der Waals surface area contributed by atoms with Crippen molar-refractivity contribution in [2.45, 2.75) is 40.7 Å². The number of nitrogens with two attached hydrogens (primary N) is 1. The van der Waals surface area contributed by atoms with Gasteiger partial charge in [-0.2, -0.15) is 5.10 Å². The molecule has 0 spiro atoms. The molecule has 11 heteroatoms. The maximum atomic E-state index is 13.0. The van der Waals surface area contributed by atoms with Gasteiger partial charge in [0.2, 0.25) is 11.8 Å². The van der Waals surface area contributed by atoms with Gasteiger partial charge in [-0.3, -0.25) is 24.3 Å². The number of rotatable bonds is 8. The number of esters is 1. The number of aryl methyl sites for hydroxylation is 4. The van der Waals surface area contributed by atoms with Gasteiger partial charge in [-0.1, -0.05) is 18.2 Å². The van der Waals surface area contributed by atoms with E-state index >= 15 is 0 Å². The third-order valence-corrected chi connectivity index (χ3v) is 5.92. The average molecular weight is 506 g/mol. The molecule has 3 aromatic heterocycles. The number of anilines is 1. The Morgan fingerprint density at radius 1 is 1.11 bits per heavy atom. The van der Waals surface area contributed by atoms with Gasteiger partial charge >= 0.3 is 5.97 Å². The number of primary amides is 1. The minimum absolute atomic E-state index is 0.0236. The fourth-order valence-electron chi connectivity index (χ4n) is 4.35. The fraction of sp³-hybridized carbons (Fsp3) is 0.269. The van der Waals surface area contributed by atoms with E-state index in [0.29, 0.717) is 5.65 Å². The van der Waals surface area contributed by atoms with Crippen molar-refractivity contribution in [2.24, 2.45) is 5.73 Å². The molecule has 0 aliphatic heterocycles. The normalized spacial score (nSPS) is 11.0. The fourth-order valence-corrected chi connectivity index (χ4v) is 4.35. The summed E-state index contributed by atoms with van der Waals surface area (Å²) < 4.78 is 13.6. The molecule has 1 aromatic carbocycles. The van der Waals surface area contributed by atoms with E-state index in [1.54, 1.807) is 11.6 Å². The molecule has 192 valence electrons. The van der Waals surface area contributed by atoms with Gasteiger partial charge < -0.3 is 14.9 Å². The van der Waals surface area contributed by atoms with E-state index in [-0.39, 0.29) is 47.9 Å². The highest BCUT2D eigenvalue weighted by Crippen LogP contribution is 2.28. The number of ether oxygens (including phenoxy) is 1. The summed E-state index contributed by atoms with van der Waals surface area (Å²) >= 11 is 0. The molecule has 11 nitrogen and oxygen atoms in total. The third-order valence-electron chi connectivity index (χ3n) is 5.92. The molecule has 3 heterocycles. The molecule has 0 saturated heterocycles. The number of nitrogens with zero attached hydrogens (tertiary/aromatic N) is 3. The minimum atomic E-state index is -0.950. The van der Waals surface area contributed by atoms with Gasteiger partial charge in [0.15, 0.2) is 0 Å². The van der Waals surface area contributed by atoms with Crippen molar-refractivity contribution in [1.29, 1.82) is 0 Å². The summed E-state index contributed by atoms with van der Waals surface area (Å²) in [6.07, 6.45) is -0.135. The zero-order chi connectivity index (χ0) is 26.9. The van der Waals surface area contributed by atoms with E-state index in [1.165, 1.54) is 17.6 Å². The first kappa shape index (κ1) is 25.4. The summed E-state index contributed by atoms with van der Waals surface area (Å²) in [5, 5.41) is 7.96. The Balaban J connectivity index is 1.66. The standard InChI is InChI=1S/C26H27N5O6/c1-5-36-26(35)21-16(4)37-24(22(21)23(27)34)28-18(32)11-12-30-19(33)13-14(2)20-15(3)29-31(25(20)30)17-9-7-6-8-10-17/h6-10,13H,5,11-12H2,1-4H3,(H2,27,34)(H,28,32). The maximum Gasteiger partial charge on any atom is 0.342 e. The lowest BCUT2D eigenvalue weighted by atomic mass is 10.1. The van der Waals surface area contributed by atoms with Gasteiger partial charge in [0, 0.05) is 24.4 Å². The second-order valence-corrected chi connectivity index (χ2v) is 8.47. The minimum Gasteiger partial charge on any atom is -0.462 e. The van der Waals surface area contributed by atoms with Crippen LogP contribution >= 0.6 is 0 Å². The Bertz CT molecular complexity index is 1580. The Morgan fingerprint density at radius 2 is 1.81 bits per heavy atom. The topological polar surface area (TPSA) is 151 Å². The summed E-state index contributed by atoms with van der Waals surface area (Å²) in [6.45, 7) is 6.90. The summed E-state index contributed by atoms with van der Waals surface area (Å²) in [5.41, 5.74) is 7.64. The highest BCUT2D eigenvalue weighted by Gasteiger charge is 2.29. The van der Waals surface area contributed by atoms with Gasteiger partial charge in [-0.15, -0.1) is 0 Å². The van der Waals surface area contributed by atoms with Crippen LogP contribution in [0.15, 0.2) is 45.6 Å². The molecule has 0 bridgehead atoms. The predicted octanol–water partition coefficient (Wildman–Crippen LogP) is 3.01. The number of fused-ring (bicyclic) bond motifs is 1. The van der Waals surface area contributed by atoms with Crippen LogP contribution in [-0.2, 0) is 16.1 Å². The Kier molecular flexibility index (Phi) is 6.96. The third kappa shape index (κ3) is 4.75. The van der Waals surface area contributed by atoms with Gasteiger partial charge in [-0.05, 0) is 45.4 Å². The van der Waals surface area contributed by atoms with E-state index < -0.39 is 17.8 Å². The van der Waals surface area contributed by atoms with Crippen molar-refractivity contribution in [3.05, 3.63) is 74.9 Å². The number of amides is 2. The van der Waals surface area contributed by atoms with Crippen molar-refractivity contribution in [2.75, 3.05) is 11.9 Å². The lowest BCUT2D eigenvalue weighted by molar-refractivity contribution is -0.116. The zero-order valence-corrected chi connectivity index (χ0v) is 21.0. The first-order valence-corrected chi connectivity index (χ1v) is 11.7. The number of benzene rings is 1. The first-order chi connectivity index (χ1) is 17.6. The van der Waals surface area contributed by atoms with Crippen LogP contribution in [0.3, 0.4) is 0 Å². The van der Waals surface area contributed by atoms with Crippen molar-refractivity contribution < 1.29 is 23.5 Å². The van der Waals surface area contributed by atoms with Gasteiger partial charge in [0.05, 0.1) is 18.0 Å². The number of hydrogen-bond donors (Lipinski definition) is 2. The molecular weight excluding hydrogens is 478 g/mol. The lowest BCUT2D eigenvalue weighted by Crippen LogP contribution is -2.25. The molecule has 0 radical (unpaired) electrons. The van der Waals surface area contributed by atoms with Gasteiger partial charge in [0.25, 0.3) is 11.5 Å². The largest absolute Gasteiger partial charge is 0.462 e. The number of hydrogen-bond acceptors (Lipinski definition) is 7. The van der Waals surface area contributed by atoms with Crippen molar-refractivity contribution >= 4 is 34.7 Å². The molecule has 0 saturated carbocycles. The summed E-state index contributed by atoms with van der Waals surface area (Å²) in [5.74, 6) is -2.44. The van der Waals surface area contributed by atoms with Crippen molar-refractivity contribution in [3.8, 4) is 5.69 Å². The molecule has 2 amide bonds. The van der Waals surface area contributed by atoms with Crippen molar-refractivity contribution in [3.63, 3.8) is 0 Å². The highest BCUT2D eigenvalue weighted by molar-refractivity contribution is 6.10. The number of carbonyl (C=O) groups excluding carboxylic acids is 3. The van der Waals surface area contributed by atoms with Crippen LogP contribution in [0.4, 0.5) is 5.88 Å². The number of nitrogens with one attached hydrogen (secondary N) is 1. The molecule has 3 N–H and O–H groups in total. The number of furan rings is 1. The van der Waals surface area contributed by atoms with E-state index in [4.69, 9.17) is 14.9 Å². The van der Waals surface area contributed by atoms with Crippen LogP contribution in [0.1, 0.15) is 51.1 Å². The second-order valence-electron chi connectivity index (χ2n) is 8.47. The molecule has 4 aromatic rings. The van der Waals surface area contributed by atoms with Crippen LogP contribution in [-0.4, -0.2) is 38.7 Å². The molecule has 37 heavy (non-hydrogen) atoms. The molecule has 0 aliphatic rings. The number of para-hydroxylation sites is 1. The van der Waals surface area contributed by atoms with E-state index in [2.05, 4.69) is 10.4 Å². The van der Waals surface area contributed by atoms with E-state index in [1.807, 2.05) is 44.2 Å². The monoisotopic (exact) mass is 505 g/mol. The van der Waals surface area contributed by atoms with Crippen LogP contribution in [0.25, 0.3) is 16.7 Å². The SMILES string of the molecule is CCOC(=O)c1c(C)oc(NC(=O)CCn2c(=O)cc(C)c3c(C)nn(-c4ccccc4)c32)c1C(N)=O. The van der Waals surface area contributed by atoms with E-state index in [0.717, 1.165) is 22.3 Å². The zero-order valence-electron chi connectivity index (χ0n) is 21.0. The second kappa shape index (κ2) is 10.1. The molecule has 0 atom stereocenters. The van der Waals surface area contributed by atoms with Crippen molar-refractivity contribution in [1.82, 2.24) is 14.3 Å². The number of pyridine rings is 1. The molecule has 0 unspecified atom stereocenters. The Labute approximate surface area is 211 Å². The van der Waals surface area contributed by atoms with Gasteiger partial charge in [0.1, 0.15) is 22.5 Å². The quantitative estimate of drug-likeness (QED) is 0.349. The highest BCUT2D eigenvalue weighted by atomic mass is 16.5. The Morgan fingerprint density at radius 3 is 2.46 bits per heavy atom. The first-order valence-electron chi connectivity index (χ1n) is 11.7. The van der Waals surface area contributed by atoms with Crippen LogP contribution in [0.5, 0.6) is 0 Å².